The second-order valence-corrected chi connectivity index (χ2v) is 14.6. The summed E-state index contributed by atoms with van der Waals surface area (Å²) in [5.41, 5.74) is 1.59. The van der Waals surface area contributed by atoms with E-state index in [0.29, 0.717) is 51.4 Å². The maximum atomic E-state index is 15.3. The number of aliphatic hydroxyl groups is 1. The summed E-state index contributed by atoms with van der Waals surface area (Å²) < 4.78 is 10.7. The van der Waals surface area contributed by atoms with Gasteiger partial charge in [-0.05, 0) is 67.1 Å². The number of benzene rings is 2. The number of carbonyl (C=O) groups is 2. The number of aromatic nitrogens is 6. The van der Waals surface area contributed by atoms with Crippen LogP contribution in [0.3, 0.4) is 0 Å². The minimum atomic E-state index is -0.555. The Bertz CT molecular complexity index is 2250. The molecule has 2 saturated heterocycles. The van der Waals surface area contributed by atoms with Crippen LogP contribution in [0.1, 0.15) is 63.4 Å². The van der Waals surface area contributed by atoms with Gasteiger partial charge in [0.05, 0.1) is 50.0 Å². The number of nitrogens with one attached hydrogen (secondary N) is 2. The van der Waals surface area contributed by atoms with E-state index < -0.39 is 11.8 Å². The molecule has 1 unspecified atom stereocenters. The fourth-order valence-corrected chi connectivity index (χ4v) is 7.51. The van der Waals surface area contributed by atoms with E-state index in [1.165, 1.54) is 24.4 Å². The highest BCUT2D eigenvalue weighted by Gasteiger charge is 2.32. The third-order valence-electron chi connectivity index (χ3n) is 10.0. The third kappa shape index (κ3) is 9.14. The number of halogens is 2. The Balaban J connectivity index is 1.33. The Hall–Kier alpha value is -5.84. The highest BCUT2D eigenvalue weighted by atomic mass is 35.5. The normalized spacial score (nSPS) is 15.0. The van der Waals surface area contributed by atoms with Crippen LogP contribution in [0.25, 0.3) is 0 Å². The van der Waals surface area contributed by atoms with Crippen LogP contribution in [0.2, 0.25) is 10.0 Å². The summed E-state index contributed by atoms with van der Waals surface area (Å²) in [7, 11) is 3.06. The van der Waals surface area contributed by atoms with Crippen molar-refractivity contribution in [1.29, 1.82) is 0 Å². The average molecular weight is 829 g/mol. The molecule has 16 nitrogen and oxygen atoms in total. The van der Waals surface area contributed by atoms with E-state index in [2.05, 4.69) is 30.6 Å². The van der Waals surface area contributed by atoms with Gasteiger partial charge >= 0.3 is 0 Å². The van der Waals surface area contributed by atoms with E-state index in [0.717, 1.165) is 44.3 Å². The molecule has 2 aliphatic rings. The van der Waals surface area contributed by atoms with Crippen molar-refractivity contribution < 1.29 is 24.2 Å². The zero-order chi connectivity index (χ0) is 40.6. The summed E-state index contributed by atoms with van der Waals surface area (Å²) in [5, 5.41) is 17.1. The number of hydrogen-bond donors (Lipinski definition) is 3. The SMILES string of the molecule is COc1ccc(CNc2nc(N3CCCC3CO)ncc2C(=O)N(Cc2ccc(OC)c(Cl)c2)c2nc(N3CCCC3)ncc2C(=O)NCc2ncccn2)cc1Cl. The number of nitrogens with zero attached hydrogens (tertiary/aromatic N) is 9. The zero-order valence-corrected chi connectivity index (χ0v) is 33.6. The standard InChI is InChI=1S/C40H43Cl2N11O5/c1-57-32-10-8-25(17-30(32)41)19-45-35-28(20-48-40(49-35)52-16-5-7-27(52)24-54)38(56)53(23-26-9-11-33(58-2)31(42)18-26)36-29(21-47-39(50-36)51-14-3-4-15-51)37(55)46-22-34-43-12-6-13-44-34/h6,8-13,17-18,20-21,27,54H,3-5,7,14-16,19,22-24H2,1-2H3,(H,46,55)(H,45,48,49). The molecule has 2 fully saturated rings. The lowest BCUT2D eigenvalue weighted by atomic mass is 10.1. The number of aliphatic hydroxyl groups excluding tert-OH is 1. The van der Waals surface area contributed by atoms with Crippen molar-refractivity contribution >= 4 is 58.5 Å². The molecule has 3 aromatic heterocycles. The third-order valence-corrected chi connectivity index (χ3v) is 10.6. The second-order valence-electron chi connectivity index (χ2n) is 13.7. The van der Waals surface area contributed by atoms with Gasteiger partial charge in [0.2, 0.25) is 11.9 Å². The van der Waals surface area contributed by atoms with Crippen LogP contribution in [0.5, 0.6) is 11.5 Å². The molecule has 2 aromatic carbocycles. The Morgan fingerprint density at radius 3 is 2.21 bits per heavy atom. The number of anilines is 4. The Morgan fingerprint density at radius 2 is 1.52 bits per heavy atom. The molecule has 5 aromatic rings. The number of rotatable bonds is 15. The van der Waals surface area contributed by atoms with Gasteiger partial charge in [0.25, 0.3) is 11.8 Å². The number of methoxy groups -OCH3 is 2. The highest BCUT2D eigenvalue weighted by molar-refractivity contribution is 6.32. The topological polar surface area (TPSA) is 184 Å². The smallest absolute Gasteiger partial charge is 0.265 e. The van der Waals surface area contributed by atoms with Crippen LogP contribution in [-0.4, -0.2) is 93.3 Å². The van der Waals surface area contributed by atoms with Gasteiger partial charge in [-0.25, -0.2) is 19.9 Å². The average Bonchev–Trinajstić information content (AvgIpc) is 3.98. The number of amides is 2. The number of hydrogen-bond acceptors (Lipinski definition) is 14. The molecule has 0 saturated carbocycles. The molecule has 18 heteroatoms. The first-order chi connectivity index (χ1) is 28.3. The molecule has 0 spiro atoms. The maximum Gasteiger partial charge on any atom is 0.265 e. The van der Waals surface area contributed by atoms with Crippen LogP contribution in [-0.2, 0) is 19.6 Å². The first-order valence-corrected chi connectivity index (χ1v) is 19.6. The summed E-state index contributed by atoms with van der Waals surface area (Å²) in [6.07, 6.45) is 9.62. The van der Waals surface area contributed by atoms with Crippen LogP contribution < -0.4 is 34.8 Å². The summed E-state index contributed by atoms with van der Waals surface area (Å²) in [5.74, 6) is 1.33. The van der Waals surface area contributed by atoms with Gasteiger partial charge in [0.1, 0.15) is 34.3 Å². The largest absolute Gasteiger partial charge is 0.495 e. The molecule has 2 aliphatic heterocycles. The van der Waals surface area contributed by atoms with Gasteiger partial charge in [0, 0.05) is 51.0 Å². The van der Waals surface area contributed by atoms with Crippen molar-refractivity contribution in [2.24, 2.45) is 0 Å². The van der Waals surface area contributed by atoms with Crippen molar-refractivity contribution in [3.63, 3.8) is 0 Å². The van der Waals surface area contributed by atoms with Crippen molar-refractivity contribution in [3.8, 4) is 11.5 Å². The zero-order valence-electron chi connectivity index (χ0n) is 32.1. The monoisotopic (exact) mass is 827 g/mol. The molecule has 5 heterocycles. The van der Waals surface area contributed by atoms with Crippen molar-refractivity contribution in [2.75, 3.05) is 60.5 Å². The summed E-state index contributed by atoms with van der Waals surface area (Å²) >= 11 is 13.1. The predicted molar refractivity (Wildman–Crippen MR) is 220 cm³/mol. The van der Waals surface area contributed by atoms with Crippen molar-refractivity contribution in [1.82, 2.24) is 35.2 Å². The lowest BCUT2D eigenvalue weighted by Gasteiger charge is -2.27. The minimum Gasteiger partial charge on any atom is -0.495 e. The molecule has 7 rings (SSSR count). The van der Waals surface area contributed by atoms with Crippen LogP contribution in [0, 0.1) is 0 Å². The molecular weight excluding hydrogens is 785 g/mol. The fraction of sp³-hybridized carbons (Fsp3) is 0.350. The predicted octanol–water partition coefficient (Wildman–Crippen LogP) is 5.33. The van der Waals surface area contributed by atoms with E-state index in [9.17, 15) is 9.90 Å². The van der Waals surface area contributed by atoms with Gasteiger partial charge in [0.15, 0.2) is 5.82 Å². The van der Waals surface area contributed by atoms with Crippen LogP contribution in [0.4, 0.5) is 23.5 Å². The molecule has 1 atom stereocenters. The fourth-order valence-electron chi connectivity index (χ4n) is 6.95. The van der Waals surface area contributed by atoms with Gasteiger partial charge in [-0.3, -0.25) is 14.5 Å². The van der Waals surface area contributed by atoms with Crippen LogP contribution >= 0.6 is 23.2 Å². The quantitative estimate of drug-likeness (QED) is 0.123. The first-order valence-electron chi connectivity index (χ1n) is 18.9. The van der Waals surface area contributed by atoms with E-state index in [-0.39, 0.29) is 55.0 Å². The molecule has 3 N–H and O–H groups in total. The van der Waals surface area contributed by atoms with Crippen LogP contribution in [0.15, 0.2) is 67.3 Å². The lowest BCUT2D eigenvalue weighted by molar-refractivity contribution is 0.0949. The minimum absolute atomic E-state index is 0.0269. The Morgan fingerprint density at radius 1 is 0.845 bits per heavy atom. The highest BCUT2D eigenvalue weighted by Crippen LogP contribution is 2.32. The van der Waals surface area contributed by atoms with Gasteiger partial charge in [-0.1, -0.05) is 35.3 Å². The number of carbonyl (C=O) groups excluding carboxylic acids is 2. The molecule has 58 heavy (non-hydrogen) atoms. The Kier molecular flexibility index (Phi) is 13.0. The molecule has 302 valence electrons. The van der Waals surface area contributed by atoms with Gasteiger partial charge in [-0.2, -0.15) is 9.97 Å². The lowest BCUT2D eigenvalue weighted by Crippen LogP contribution is -2.37. The van der Waals surface area contributed by atoms with Gasteiger partial charge < -0.3 is 35.0 Å². The summed E-state index contributed by atoms with van der Waals surface area (Å²) in [4.78, 5) is 62.2. The molecule has 0 aliphatic carbocycles. The van der Waals surface area contributed by atoms with E-state index in [1.807, 2.05) is 15.9 Å². The second kappa shape index (κ2) is 18.6. The summed E-state index contributed by atoms with van der Waals surface area (Å²) in [6.45, 7) is 2.23. The maximum absolute atomic E-state index is 15.3. The molecule has 0 bridgehead atoms. The molecular formula is C40H43Cl2N11O5. The first kappa shape index (κ1) is 40.4. The van der Waals surface area contributed by atoms with E-state index in [4.69, 9.17) is 42.6 Å². The Labute approximate surface area is 345 Å². The summed E-state index contributed by atoms with van der Waals surface area (Å²) in [6, 6.07) is 12.1. The molecule has 0 radical (unpaired) electrons. The number of ether oxygens (including phenoxy) is 2. The van der Waals surface area contributed by atoms with E-state index in [1.54, 1.807) is 55.9 Å². The molecule has 2 amide bonds. The van der Waals surface area contributed by atoms with E-state index >= 15 is 4.79 Å². The van der Waals surface area contributed by atoms with Crippen molar-refractivity contribution in [2.45, 2.75) is 51.4 Å². The van der Waals surface area contributed by atoms with Crippen molar-refractivity contribution in [3.05, 3.63) is 105 Å². The van der Waals surface area contributed by atoms with Gasteiger partial charge in [-0.15, -0.1) is 0 Å².